The Labute approximate surface area is 298 Å². The Morgan fingerprint density at radius 1 is 1.08 bits per heavy atom. The number of hydrogen-bond acceptors (Lipinski definition) is 11. The highest BCUT2D eigenvalue weighted by molar-refractivity contribution is 8.00. The summed E-state index contributed by atoms with van der Waals surface area (Å²) in [5, 5.41) is 12.9. The maximum absolute atomic E-state index is 13.3. The number of likely N-dealkylation sites (N-methyl/N-ethyl adjacent to an activating group) is 1. The molecule has 0 spiro atoms. The number of nitrogens with zero attached hydrogens (tertiary/aromatic N) is 2. The van der Waals surface area contributed by atoms with Crippen LogP contribution >= 0.6 is 23.5 Å². The van der Waals surface area contributed by atoms with Gasteiger partial charge in [0.2, 0.25) is 0 Å². The number of H-pyrrole nitrogens is 1. The molecule has 3 aliphatic heterocycles. The third-order valence-corrected chi connectivity index (χ3v) is 10.6. The Kier molecular flexibility index (Phi) is 10.1. The number of rotatable bonds is 11. The lowest BCUT2D eigenvalue weighted by molar-refractivity contribution is -0.159. The number of carbonyl (C=O) groups is 4. The monoisotopic (exact) mass is 724 g/mol. The fourth-order valence-electron chi connectivity index (χ4n) is 5.73. The van der Waals surface area contributed by atoms with Crippen molar-refractivity contribution in [1.82, 2.24) is 20.1 Å². The van der Waals surface area contributed by atoms with Crippen LogP contribution in [0.1, 0.15) is 33.3 Å². The SMILES string of the molecule is CC(O)OCC1=C(C(=O)OC(C)(C)C)N2C(=O)C(NC(=O)COc3ccc4c(c3)SCc3c-4[nH]c4ccc(OCC(=O)N(C)C)cc34)C2SC1. The molecule has 1 saturated heterocycles. The van der Waals surface area contributed by atoms with E-state index in [1.165, 1.54) is 28.5 Å². The summed E-state index contributed by atoms with van der Waals surface area (Å²) in [6.07, 6.45) is -1.05. The van der Waals surface area contributed by atoms with E-state index in [0.717, 1.165) is 32.6 Å². The molecule has 3 unspecified atom stereocenters. The first-order valence-corrected chi connectivity index (χ1v) is 18.1. The minimum absolute atomic E-state index is 0.0347. The number of aliphatic hydroxyl groups is 1. The minimum atomic E-state index is -1.05. The van der Waals surface area contributed by atoms with Crippen LogP contribution in [0.15, 0.2) is 52.6 Å². The van der Waals surface area contributed by atoms with Crippen LogP contribution < -0.4 is 14.8 Å². The third kappa shape index (κ3) is 7.45. The van der Waals surface area contributed by atoms with Gasteiger partial charge in [-0.1, -0.05) is 0 Å². The summed E-state index contributed by atoms with van der Waals surface area (Å²) in [7, 11) is 3.38. The summed E-state index contributed by atoms with van der Waals surface area (Å²) in [6, 6.07) is 10.5. The zero-order valence-electron chi connectivity index (χ0n) is 28.7. The van der Waals surface area contributed by atoms with E-state index in [4.69, 9.17) is 18.9 Å². The molecule has 4 heterocycles. The Bertz CT molecular complexity index is 1880. The number of carbonyl (C=O) groups excluding carboxylic acids is 4. The largest absolute Gasteiger partial charge is 0.484 e. The molecule has 13 nitrogen and oxygen atoms in total. The maximum atomic E-state index is 13.3. The van der Waals surface area contributed by atoms with Crippen molar-refractivity contribution in [1.29, 1.82) is 0 Å². The van der Waals surface area contributed by atoms with Crippen LogP contribution in [0.2, 0.25) is 0 Å². The lowest BCUT2D eigenvalue weighted by atomic mass is 10.0. The van der Waals surface area contributed by atoms with E-state index < -0.39 is 41.1 Å². The first-order chi connectivity index (χ1) is 23.7. The van der Waals surface area contributed by atoms with Crippen LogP contribution in [0.25, 0.3) is 22.2 Å². The summed E-state index contributed by atoms with van der Waals surface area (Å²) in [6.45, 7) is 6.29. The number of nitrogens with one attached hydrogen (secondary N) is 2. The van der Waals surface area contributed by atoms with Crippen molar-refractivity contribution in [2.24, 2.45) is 0 Å². The number of β-lactam (4-membered cyclic amide) rings is 1. The third-order valence-electron chi connectivity index (χ3n) is 8.16. The highest BCUT2D eigenvalue weighted by atomic mass is 32.2. The average molecular weight is 725 g/mol. The van der Waals surface area contributed by atoms with Crippen molar-refractivity contribution in [3.05, 3.63) is 53.2 Å². The first kappa shape index (κ1) is 35.6. The number of esters is 1. The predicted octanol–water partition coefficient (Wildman–Crippen LogP) is 3.64. The van der Waals surface area contributed by atoms with Gasteiger partial charge in [-0.05, 0) is 75.2 Å². The zero-order chi connectivity index (χ0) is 35.9. The molecular formula is C35H40N4O9S2. The van der Waals surface area contributed by atoms with Crippen LogP contribution in [0, 0.1) is 0 Å². The molecule has 2 aromatic carbocycles. The molecule has 15 heteroatoms. The Morgan fingerprint density at radius 2 is 1.80 bits per heavy atom. The summed E-state index contributed by atoms with van der Waals surface area (Å²) in [5.74, 6) is 0.513. The van der Waals surface area contributed by atoms with E-state index in [2.05, 4.69) is 10.3 Å². The fraction of sp³-hybridized carbons (Fsp3) is 0.429. The molecule has 3 N–H and O–H groups in total. The van der Waals surface area contributed by atoms with Gasteiger partial charge in [-0.15, -0.1) is 23.5 Å². The molecule has 3 atom stereocenters. The number of amides is 3. The lowest BCUT2D eigenvalue weighted by Crippen LogP contribution is -2.71. The van der Waals surface area contributed by atoms with Crippen molar-refractivity contribution < 1.29 is 43.2 Å². The van der Waals surface area contributed by atoms with Gasteiger partial charge in [0.05, 0.1) is 12.3 Å². The molecule has 3 aliphatic rings. The van der Waals surface area contributed by atoms with E-state index >= 15 is 0 Å². The van der Waals surface area contributed by atoms with Crippen molar-refractivity contribution in [2.75, 3.05) is 39.7 Å². The smallest absolute Gasteiger partial charge is 0.355 e. The molecule has 3 aromatic rings. The fourth-order valence-corrected chi connectivity index (χ4v) is 8.19. The molecule has 0 saturated carbocycles. The predicted molar refractivity (Wildman–Crippen MR) is 189 cm³/mol. The minimum Gasteiger partial charge on any atom is -0.484 e. The van der Waals surface area contributed by atoms with Gasteiger partial charge in [0, 0.05) is 47.0 Å². The van der Waals surface area contributed by atoms with E-state index in [1.807, 2.05) is 30.3 Å². The molecule has 6 rings (SSSR count). The number of benzene rings is 2. The quantitative estimate of drug-likeness (QED) is 0.151. The summed E-state index contributed by atoms with van der Waals surface area (Å²) < 4.78 is 22.5. The number of hydrogen-bond donors (Lipinski definition) is 3. The molecule has 50 heavy (non-hydrogen) atoms. The van der Waals surface area contributed by atoms with Crippen LogP contribution in [0.3, 0.4) is 0 Å². The average Bonchev–Trinajstić information content (AvgIpc) is 3.44. The standard InChI is InChI=1S/C35H40N4O9S2/c1-18(40)45-13-19-16-50-33-30(32(43)39(33)31(19)34(44)48-35(2,3)4)37-27(41)14-46-21-7-9-22-26(12-21)49-17-24-23-11-20(47-15-28(42)38(5)6)8-10-25(23)36-29(22)24/h7-12,18,30,33,36,40H,13-17H2,1-6H3,(H,37,41). The van der Waals surface area contributed by atoms with Gasteiger partial charge in [0.15, 0.2) is 19.5 Å². The lowest BCUT2D eigenvalue weighted by Gasteiger charge is -2.50. The summed E-state index contributed by atoms with van der Waals surface area (Å²) in [4.78, 5) is 58.7. The van der Waals surface area contributed by atoms with Crippen molar-refractivity contribution in [3.8, 4) is 22.8 Å². The van der Waals surface area contributed by atoms with Gasteiger partial charge >= 0.3 is 5.97 Å². The van der Waals surface area contributed by atoms with E-state index in [9.17, 15) is 24.3 Å². The van der Waals surface area contributed by atoms with Gasteiger partial charge < -0.3 is 39.3 Å². The molecule has 1 aromatic heterocycles. The van der Waals surface area contributed by atoms with Gasteiger partial charge in [0.25, 0.3) is 17.7 Å². The summed E-state index contributed by atoms with van der Waals surface area (Å²) in [5.41, 5.74) is 3.94. The Balaban J connectivity index is 1.09. The molecule has 0 bridgehead atoms. The number of aliphatic hydroxyl groups excluding tert-OH is 1. The van der Waals surface area contributed by atoms with Gasteiger partial charge in [-0.3, -0.25) is 19.3 Å². The van der Waals surface area contributed by atoms with E-state index in [-0.39, 0.29) is 31.4 Å². The number of thioether (sulfide) groups is 2. The molecular weight excluding hydrogens is 685 g/mol. The van der Waals surface area contributed by atoms with Crippen LogP contribution in [0.5, 0.6) is 11.5 Å². The zero-order valence-corrected chi connectivity index (χ0v) is 30.3. The number of fused-ring (bicyclic) bond motifs is 6. The van der Waals surface area contributed by atoms with E-state index in [1.54, 1.807) is 52.7 Å². The van der Waals surface area contributed by atoms with Crippen molar-refractivity contribution >= 4 is 58.1 Å². The second kappa shape index (κ2) is 14.2. The molecule has 0 radical (unpaired) electrons. The molecule has 3 amide bonds. The summed E-state index contributed by atoms with van der Waals surface area (Å²) >= 11 is 3.05. The number of ether oxygens (including phenoxy) is 4. The Hall–Kier alpha value is -4.18. The van der Waals surface area contributed by atoms with Gasteiger partial charge in [0.1, 0.15) is 34.2 Å². The maximum Gasteiger partial charge on any atom is 0.355 e. The van der Waals surface area contributed by atoms with Crippen molar-refractivity contribution in [3.63, 3.8) is 0 Å². The first-order valence-electron chi connectivity index (χ1n) is 16.1. The molecule has 1 fully saturated rings. The van der Waals surface area contributed by atoms with Crippen LogP contribution in [0.4, 0.5) is 0 Å². The second-order valence-corrected chi connectivity index (χ2v) is 15.4. The second-order valence-electron chi connectivity index (χ2n) is 13.3. The highest BCUT2D eigenvalue weighted by Crippen LogP contribution is 2.46. The van der Waals surface area contributed by atoms with Crippen molar-refractivity contribution in [2.45, 2.75) is 61.7 Å². The Morgan fingerprint density at radius 3 is 2.52 bits per heavy atom. The van der Waals surface area contributed by atoms with E-state index in [0.29, 0.717) is 28.6 Å². The van der Waals surface area contributed by atoms with Gasteiger partial charge in [-0.25, -0.2) is 4.79 Å². The van der Waals surface area contributed by atoms with Crippen LogP contribution in [-0.4, -0.2) is 107 Å². The number of aromatic nitrogens is 1. The van der Waals surface area contributed by atoms with Crippen LogP contribution in [-0.2, 0) is 34.4 Å². The molecule has 0 aliphatic carbocycles. The highest BCUT2D eigenvalue weighted by Gasteiger charge is 2.54. The normalized spacial score (nSPS) is 18.8. The topological polar surface area (TPSA) is 160 Å². The number of aromatic amines is 1. The van der Waals surface area contributed by atoms with Gasteiger partial charge in [-0.2, -0.15) is 0 Å². The molecule has 266 valence electrons.